The molecule has 2 aromatic rings. The molecule has 0 N–H and O–H groups in total. The number of hydrogen-bond acceptors (Lipinski definition) is 6. The van der Waals surface area contributed by atoms with Crippen LogP contribution < -0.4 is 4.74 Å². The summed E-state index contributed by atoms with van der Waals surface area (Å²) in [6, 6.07) is 7.28. The number of aromatic nitrogens is 3. The molecule has 0 radical (unpaired) electrons. The highest BCUT2D eigenvalue weighted by atomic mass is 79.9. The van der Waals surface area contributed by atoms with Crippen molar-refractivity contribution in [3.8, 4) is 5.75 Å². The van der Waals surface area contributed by atoms with Crippen LogP contribution in [-0.2, 0) is 20.9 Å². The van der Waals surface area contributed by atoms with E-state index in [4.69, 9.17) is 30.5 Å². The van der Waals surface area contributed by atoms with Crippen molar-refractivity contribution in [1.82, 2.24) is 14.8 Å². The predicted octanol–water partition coefficient (Wildman–Crippen LogP) is 4.74. The monoisotopic (exact) mass is 473 g/mol. The fraction of sp³-hybridized carbons (Fsp3) is 0.579. The van der Waals surface area contributed by atoms with Gasteiger partial charge in [0.2, 0.25) is 4.73 Å². The van der Waals surface area contributed by atoms with E-state index in [2.05, 4.69) is 26.0 Å². The number of methoxy groups -OCH3 is 1. The third-order valence-corrected chi connectivity index (χ3v) is 4.95. The Bertz CT molecular complexity index is 722. The molecule has 0 amide bonds. The van der Waals surface area contributed by atoms with Gasteiger partial charge in [-0.15, -0.1) is 5.10 Å². The maximum atomic E-state index is 6.20. The summed E-state index contributed by atoms with van der Waals surface area (Å²) in [7, 11) is 1.62. The second-order valence-electron chi connectivity index (χ2n) is 6.53. The minimum atomic E-state index is -0.300. The SMILES string of the molecule is COCn1nc(Br)nc1C(CCCOC1CCCCO1)Oc1ccc(Cl)cc1. The number of ether oxygens (including phenoxy) is 4. The van der Waals surface area contributed by atoms with E-state index >= 15 is 0 Å². The summed E-state index contributed by atoms with van der Waals surface area (Å²) in [6.45, 7) is 1.67. The lowest BCUT2D eigenvalue weighted by molar-refractivity contribution is -0.163. The van der Waals surface area contributed by atoms with Gasteiger partial charge in [0.1, 0.15) is 12.5 Å². The fourth-order valence-corrected chi connectivity index (χ4v) is 3.52. The molecule has 154 valence electrons. The largest absolute Gasteiger partial charge is 0.482 e. The highest BCUT2D eigenvalue weighted by Crippen LogP contribution is 2.27. The molecule has 0 bridgehead atoms. The Morgan fingerprint density at radius 3 is 2.86 bits per heavy atom. The minimum absolute atomic E-state index is 0.0873. The summed E-state index contributed by atoms with van der Waals surface area (Å²) in [4.78, 5) is 4.48. The number of hydrogen-bond donors (Lipinski definition) is 0. The van der Waals surface area contributed by atoms with E-state index in [0.717, 1.165) is 32.3 Å². The molecule has 0 saturated carbocycles. The van der Waals surface area contributed by atoms with Crippen LogP contribution in [0.25, 0.3) is 0 Å². The van der Waals surface area contributed by atoms with Gasteiger partial charge in [0.05, 0.1) is 0 Å². The molecule has 9 heteroatoms. The van der Waals surface area contributed by atoms with E-state index in [1.807, 2.05) is 12.1 Å². The molecule has 2 unspecified atom stereocenters. The van der Waals surface area contributed by atoms with Gasteiger partial charge in [0, 0.05) is 25.3 Å². The first-order chi connectivity index (χ1) is 13.7. The Morgan fingerprint density at radius 2 is 2.14 bits per heavy atom. The molecule has 1 saturated heterocycles. The molecule has 3 rings (SSSR count). The van der Waals surface area contributed by atoms with Gasteiger partial charge in [0.15, 0.2) is 18.2 Å². The van der Waals surface area contributed by atoms with Gasteiger partial charge in [-0.25, -0.2) is 9.67 Å². The second kappa shape index (κ2) is 11.1. The smallest absolute Gasteiger partial charge is 0.217 e. The summed E-state index contributed by atoms with van der Waals surface area (Å²) < 4.78 is 25.1. The van der Waals surface area contributed by atoms with Crippen molar-refractivity contribution >= 4 is 27.5 Å². The summed E-state index contributed by atoms with van der Waals surface area (Å²) in [5.74, 6) is 1.41. The zero-order chi connectivity index (χ0) is 19.8. The normalized spacial score (nSPS) is 18.2. The van der Waals surface area contributed by atoms with E-state index in [-0.39, 0.29) is 12.4 Å². The van der Waals surface area contributed by atoms with Crippen LogP contribution in [0.1, 0.15) is 44.0 Å². The zero-order valence-corrected chi connectivity index (χ0v) is 18.2. The predicted molar refractivity (Wildman–Crippen MR) is 108 cm³/mol. The molecule has 1 aromatic carbocycles. The lowest BCUT2D eigenvalue weighted by Crippen LogP contribution is -2.23. The Morgan fingerprint density at radius 1 is 1.32 bits per heavy atom. The van der Waals surface area contributed by atoms with Crippen LogP contribution in [0.4, 0.5) is 0 Å². The minimum Gasteiger partial charge on any atom is -0.482 e. The van der Waals surface area contributed by atoms with Crippen molar-refractivity contribution in [3.63, 3.8) is 0 Å². The second-order valence-corrected chi connectivity index (χ2v) is 7.67. The van der Waals surface area contributed by atoms with E-state index in [1.165, 1.54) is 0 Å². The Kier molecular flexibility index (Phi) is 8.54. The Labute approximate surface area is 178 Å². The molecule has 1 aliphatic heterocycles. The van der Waals surface area contributed by atoms with Crippen molar-refractivity contribution in [3.05, 3.63) is 39.8 Å². The molecule has 0 spiro atoms. The van der Waals surface area contributed by atoms with Crippen LogP contribution in [0.5, 0.6) is 5.75 Å². The van der Waals surface area contributed by atoms with Crippen LogP contribution in [-0.4, -0.2) is 41.4 Å². The molecule has 7 nitrogen and oxygen atoms in total. The number of halogens is 2. The molecule has 1 aliphatic rings. The average molecular weight is 475 g/mol. The summed E-state index contributed by atoms with van der Waals surface area (Å²) in [5, 5.41) is 4.99. The standard InChI is InChI=1S/C19H25BrClN3O4/c1-25-13-24-18(22-19(20)23-24)16(28-15-9-7-14(21)8-10-15)5-4-12-27-17-6-2-3-11-26-17/h7-10,16-17H,2-6,11-13H2,1H3. The van der Waals surface area contributed by atoms with E-state index in [1.54, 1.807) is 23.9 Å². The van der Waals surface area contributed by atoms with E-state index < -0.39 is 0 Å². The molecular weight excluding hydrogens is 450 g/mol. The van der Waals surface area contributed by atoms with Crippen molar-refractivity contribution in [2.75, 3.05) is 20.3 Å². The molecule has 0 aliphatic carbocycles. The lowest BCUT2D eigenvalue weighted by Gasteiger charge is -2.23. The molecular formula is C19H25BrClN3O4. The van der Waals surface area contributed by atoms with Crippen molar-refractivity contribution in [2.24, 2.45) is 0 Å². The first-order valence-corrected chi connectivity index (χ1v) is 10.6. The first-order valence-electron chi connectivity index (χ1n) is 9.40. The Hall–Kier alpha value is -1.19. The Balaban J connectivity index is 1.64. The van der Waals surface area contributed by atoms with Gasteiger partial charge >= 0.3 is 0 Å². The van der Waals surface area contributed by atoms with Crippen molar-refractivity contribution in [1.29, 1.82) is 0 Å². The van der Waals surface area contributed by atoms with Crippen molar-refractivity contribution in [2.45, 2.75) is 51.2 Å². The molecule has 2 atom stereocenters. The highest BCUT2D eigenvalue weighted by molar-refractivity contribution is 9.10. The summed E-state index contributed by atoms with van der Waals surface area (Å²) in [6.07, 6.45) is 4.35. The van der Waals surface area contributed by atoms with Gasteiger partial charge in [-0.2, -0.15) is 0 Å². The maximum Gasteiger partial charge on any atom is 0.217 e. The van der Waals surface area contributed by atoms with Gasteiger partial charge in [-0.1, -0.05) is 11.6 Å². The number of rotatable bonds is 10. The quantitative estimate of drug-likeness (QED) is 0.463. The van der Waals surface area contributed by atoms with E-state index in [9.17, 15) is 0 Å². The topological polar surface area (TPSA) is 67.6 Å². The third kappa shape index (κ3) is 6.42. The number of nitrogens with zero attached hydrogens (tertiary/aromatic N) is 3. The average Bonchev–Trinajstić information content (AvgIpc) is 3.07. The number of benzene rings is 1. The van der Waals surface area contributed by atoms with Gasteiger partial charge < -0.3 is 18.9 Å². The van der Waals surface area contributed by atoms with Crippen LogP contribution in [0.2, 0.25) is 5.02 Å². The third-order valence-electron chi connectivity index (χ3n) is 4.36. The zero-order valence-electron chi connectivity index (χ0n) is 15.9. The fourth-order valence-electron chi connectivity index (χ4n) is 3.03. The van der Waals surface area contributed by atoms with Crippen LogP contribution in [0.3, 0.4) is 0 Å². The highest BCUT2D eigenvalue weighted by Gasteiger charge is 2.22. The molecule has 1 aromatic heterocycles. The van der Waals surface area contributed by atoms with Gasteiger partial charge in [0.25, 0.3) is 0 Å². The van der Waals surface area contributed by atoms with Crippen molar-refractivity contribution < 1.29 is 18.9 Å². The molecule has 2 heterocycles. The molecule has 28 heavy (non-hydrogen) atoms. The lowest BCUT2D eigenvalue weighted by atomic mass is 10.2. The summed E-state index contributed by atoms with van der Waals surface area (Å²) in [5.41, 5.74) is 0. The van der Waals surface area contributed by atoms with Gasteiger partial charge in [-0.3, -0.25) is 0 Å². The van der Waals surface area contributed by atoms with Crippen LogP contribution in [0.15, 0.2) is 29.0 Å². The summed E-state index contributed by atoms with van der Waals surface area (Å²) >= 11 is 9.32. The van der Waals surface area contributed by atoms with Crippen LogP contribution in [0, 0.1) is 0 Å². The first kappa shape index (κ1) is 21.5. The van der Waals surface area contributed by atoms with Crippen LogP contribution >= 0.6 is 27.5 Å². The maximum absolute atomic E-state index is 6.20. The van der Waals surface area contributed by atoms with Gasteiger partial charge in [-0.05, 0) is 72.3 Å². The van der Waals surface area contributed by atoms with E-state index in [0.29, 0.717) is 41.1 Å². The molecule has 1 fully saturated rings.